The van der Waals surface area contributed by atoms with Gasteiger partial charge in [0.2, 0.25) is 5.91 Å². The highest BCUT2D eigenvalue weighted by Gasteiger charge is 2.65. The average molecular weight is 237 g/mol. The normalized spacial score (nSPS) is 25.3. The van der Waals surface area contributed by atoms with Crippen LogP contribution in [0, 0.1) is 17.3 Å². The summed E-state index contributed by atoms with van der Waals surface area (Å²) in [6.07, 6.45) is 3.08. The summed E-state index contributed by atoms with van der Waals surface area (Å²) in [5.74, 6) is -2.12. The number of furan rings is 1. The van der Waals surface area contributed by atoms with Crippen LogP contribution in [0.5, 0.6) is 0 Å². The van der Waals surface area contributed by atoms with Crippen molar-refractivity contribution in [2.24, 2.45) is 17.3 Å². The van der Waals surface area contributed by atoms with Crippen molar-refractivity contribution in [3.05, 3.63) is 24.2 Å². The second kappa shape index (κ2) is 3.91. The lowest BCUT2D eigenvalue weighted by atomic mass is 10.1. The third-order valence-corrected chi connectivity index (χ3v) is 3.42. The Morgan fingerprint density at radius 1 is 1.47 bits per heavy atom. The fourth-order valence-corrected chi connectivity index (χ4v) is 2.28. The van der Waals surface area contributed by atoms with Crippen molar-refractivity contribution in [2.75, 3.05) is 0 Å². The van der Waals surface area contributed by atoms with Crippen molar-refractivity contribution < 1.29 is 19.1 Å². The number of amides is 1. The molecule has 2 atom stereocenters. The third kappa shape index (κ3) is 2.05. The molecule has 1 aliphatic carbocycles. The maximum absolute atomic E-state index is 11.8. The summed E-state index contributed by atoms with van der Waals surface area (Å²) < 4.78 is 4.88. The minimum atomic E-state index is -0.904. The number of carbonyl (C=O) groups is 2. The van der Waals surface area contributed by atoms with Crippen LogP contribution in [0.15, 0.2) is 23.0 Å². The van der Waals surface area contributed by atoms with E-state index >= 15 is 0 Å². The Balaban J connectivity index is 1.92. The molecule has 5 nitrogen and oxygen atoms in total. The first-order chi connectivity index (χ1) is 7.94. The molecule has 92 valence electrons. The second-order valence-corrected chi connectivity index (χ2v) is 4.96. The van der Waals surface area contributed by atoms with E-state index in [0.717, 1.165) is 5.56 Å². The third-order valence-electron chi connectivity index (χ3n) is 3.42. The van der Waals surface area contributed by atoms with E-state index in [0.29, 0.717) is 6.54 Å². The van der Waals surface area contributed by atoms with Crippen molar-refractivity contribution in [2.45, 2.75) is 20.4 Å². The molecule has 1 amide bonds. The van der Waals surface area contributed by atoms with Gasteiger partial charge in [-0.15, -0.1) is 0 Å². The molecule has 5 heteroatoms. The maximum Gasteiger partial charge on any atom is 0.307 e. The van der Waals surface area contributed by atoms with E-state index in [1.165, 1.54) is 6.26 Å². The molecule has 0 aromatic carbocycles. The topological polar surface area (TPSA) is 79.5 Å². The molecule has 0 spiro atoms. The zero-order valence-electron chi connectivity index (χ0n) is 9.77. The van der Waals surface area contributed by atoms with E-state index in [9.17, 15) is 9.59 Å². The highest BCUT2D eigenvalue weighted by molar-refractivity contribution is 5.91. The van der Waals surface area contributed by atoms with Gasteiger partial charge in [0.25, 0.3) is 0 Å². The molecular weight excluding hydrogens is 222 g/mol. The first-order valence-corrected chi connectivity index (χ1v) is 5.46. The SMILES string of the molecule is CC1(C)C(C(=O)O)C1C(=O)NCc1ccoc1. The van der Waals surface area contributed by atoms with Crippen molar-refractivity contribution in [1.82, 2.24) is 5.32 Å². The summed E-state index contributed by atoms with van der Waals surface area (Å²) in [7, 11) is 0. The zero-order valence-corrected chi connectivity index (χ0v) is 9.77. The van der Waals surface area contributed by atoms with Gasteiger partial charge in [-0.25, -0.2) is 0 Å². The fourth-order valence-electron chi connectivity index (χ4n) is 2.28. The Morgan fingerprint density at radius 2 is 2.18 bits per heavy atom. The highest BCUT2D eigenvalue weighted by Crippen LogP contribution is 2.58. The standard InChI is InChI=1S/C12H15NO4/c1-12(2)8(9(12)11(15)16)10(14)13-5-7-3-4-17-6-7/h3-4,6,8-9H,5H2,1-2H3,(H,13,14)(H,15,16). The van der Waals surface area contributed by atoms with E-state index in [1.807, 2.05) is 0 Å². The minimum Gasteiger partial charge on any atom is -0.481 e. The first-order valence-electron chi connectivity index (χ1n) is 5.46. The van der Waals surface area contributed by atoms with Gasteiger partial charge < -0.3 is 14.8 Å². The average Bonchev–Trinajstić information content (AvgIpc) is 2.65. The summed E-state index contributed by atoms with van der Waals surface area (Å²) in [6, 6.07) is 1.76. The van der Waals surface area contributed by atoms with E-state index in [1.54, 1.807) is 26.2 Å². The van der Waals surface area contributed by atoms with E-state index in [4.69, 9.17) is 9.52 Å². The lowest BCUT2D eigenvalue weighted by Crippen LogP contribution is -2.26. The van der Waals surface area contributed by atoms with Gasteiger partial charge in [0.15, 0.2) is 0 Å². The summed E-state index contributed by atoms with van der Waals surface area (Å²) >= 11 is 0. The molecule has 0 radical (unpaired) electrons. The molecular formula is C12H15NO4. The number of rotatable bonds is 4. The van der Waals surface area contributed by atoms with Gasteiger partial charge in [-0.1, -0.05) is 13.8 Å². The number of aliphatic carboxylic acids is 1. The molecule has 2 unspecified atom stereocenters. The van der Waals surface area contributed by atoms with Gasteiger partial charge in [0.05, 0.1) is 24.4 Å². The minimum absolute atomic E-state index is 0.205. The Labute approximate surface area is 98.8 Å². The van der Waals surface area contributed by atoms with Crippen LogP contribution in [-0.2, 0) is 16.1 Å². The van der Waals surface area contributed by atoms with Crippen LogP contribution < -0.4 is 5.32 Å². The lowest BCUT2D eigenvalue weighted by Gasteiger charge is -2.04. The number of carbonyl (C=O) groups excluding carboxylic acids is 1. The van der Waals surface area contributed by atoms with Gasteiger partial charge >= 0.3 is 5.97 Å². The van der Waals surface area contributed by atoms with Crippen LogP contribution in [0.2, 0.25) is 0 Å². The van der Waals surface area contributed by atoms with Crippen molar-refractivity contribution in [1.29, 1.82) is 0 Å². The largest absolute Gasteiger partial charge is 0.481 e. The second-order valence-electron chi connectivity index (χ2n) is 4.96. The molecule has 1 saturated carbocycles. The number of carboxylic acid groups (broad SMARTS) is 1. The van der Waals surface area contributed by atoms with E-state index < -0.39 is 23.2 Å². The van der Waals surface area contributed by atoms with E-state index in [-0.39, 0.29) is 5.91 Å². The van der Waals surface area contributed by atoms with Crippen LogP contribution in [0.4, 0.5) is 0 Å². The molecule has 0 aliphatic heterocycles. The molecule has 2 N–H and O–H groups in total. The van der Waals surface area contributed by atoms with Crippen LogP contribution in [0.3, 0.4) is 0 Å². The zero-order chi connectivity index (χ0) is 12.6. The van der Waals surface area contributed by atoms with Gasteiger partial charge in [-0.05, 0) is 11.5 Å². The predicted octanol–water partition coefficient (Wildman–Crippen LogP) is 1.25. The van der Waals surface area contributed by atoms with Crippen LogP contribution in [-0.4, -0.2) is 17.0 Å². The number of nitrogens with one attached hydrogen (secondary N) is 1. The summed E-state index contributed by atoms with van der Waals surface area (Å²) in [5, 5.41) is 11.7. The predicted molar refractivity (Wildman–Crippen MR) is 59.0 cm³/mol. The van der Waals surface area contributed by atoms with Crippen molar-refractivity contribution >= 4 is 11.9 Å². The summed E-state index contributed by atoms with van der Waals surface area (Å²) in [4.78, 5) is 22.8. The number of hydrogen-bond acceptors (Lipinski definition) is 3. The highest BCUT2D eigenvalue weighted by atomic mass is 16.4. The first kappa shape index (κ1) is 11.7. The quantitative estimate of drug-likeness (QED) is 0.826. The number of carboxylic acids is 1. The molecule has 1 fully saturated rings. The molecule has 17 heavy (non-hydrogen) atoms. The van der Waals surface area contributed by atoms with Crippen LogP contribution in [0.25, 0.3) is 0 Å². The van der Waals surface area contributed by atoms with Crippen molar-refractivity contribution in [3.63, 3.8) is 0 Å². The van der Waals surface area contributed by atoms with Gasteiger partial charge in [0.1, 0.15) is 0 Å². The molecule has 1 aliphatic rings. The molecule has 1 heterocycles. The Bertz CT molecular complexity index is 435. The van der Waals surface area contributed by atoms with Gasteiger partial charge in [-0.3, -0.25) is 9.59 Å². The number of hydrogen-bond donors (Lipinski definition) is 2. The summed E-state index contributed by atoms with van der Waals surface area (Å²) in [6.45, 7) is 3.97. The molecule has 0 bridgehead atoms. The maximum atomic E-state index is 11.8. The monoisotopic (exact) mass is 237 g/mol. The Kier molecular flexibility index (Phi) is 2.69. The molecule has 2 rings (SSSR count). The van der Waals surface area contributed by atoms with Crippen LogP contribution >= 0.6 is 0 Å². The smallest absolute Gasteiger partial charge is 0.307 e. The molecule has 1 aromatic heterocycles. The lowest BCUT2D eigenvalue weighted by molar-refractivity contribution is -0.140. The van der Waals surface area contributed by atoms with Gasteiger partial charge in [-0.2, -0.15) is 0 Å². The van der Waals surface area contributed by atoms with Gasteiger partial charge in [0, 0.05) is 12.1 Å². The Hall–Kier alpha value is -1.78. The molecule has 1 aromatic rings. The fraction of sp³-hybridized carbons (Fsp3) is 0.500. The van der Waals surface area contributed by atoms with Crippen molar-refractivity contribution in [3.8, 4) is 0 Å². The molecule has 0 saturated heterocycles. The van der Waals surface area contributed by atoms with E-state index in [2.05, 4.69) is 5.32 Å². The summed E-state index contributed by atoms with van der Waals surface area (Å²) in [5.41, 5.74) is 0.412. The Morgan fingerprint density at radius 3 is 2.65 bits per heavy atom. The van der Waals surface area contributed by atoms with Crippen LogP contribution in [0.1, 0.15) is 19.4 Å².